The van der Waals surface area contributed by atoms with Crippen LogP contribution in [-0.2, 0) is 10.3 Å². The molecule has 1 amide bonds. The molecule has 0 saturated heterocycles. The van der Waals surface area contributed by atoms with Crippen LogP contribution in [0.25, 0.3) is 16.8 Å². The van der Waals surface area contributed by atoms with Crippen molar-refractivity contribution in [1.82, 2.24) is 9.36 Å². The van der Waals surface area contributed by atoms with Gasteiger partial charge < -0.3 is 5.11 Å². The van der Waals surface area contributed by atoms with Crippen molar-refractivity contribution in [3.8, 4) is 22.6 Å². The number of phenols is 1. The largest absolute Gasteiger partial charge is 0.507 e. The molecule has 6 rings (SSSR count). The normalized spacial score (nSPS) is 18.2. The van der Waals surface area contributed by atoms with Crippen LogP contribution in [0.3, 0.4) is 0 Å². The van der Waals surface area contributed by atoms with Gasteiger partial charge in [-0.05, 0) is 69.2 Å². The van der Waals surface area contributed by atoms with E-state index in [1.54, 1.807) is 15.4 Å². The second-order valence-corrected chi connectivity index (χ2v) is 9.21. The fourth-order valence-corrected chi connectivity index (χ4v) is 5.49. The van der Waals surface area contributed by atoms with Gasteiger partial charge in [-0.1, -0.05) is 36.4 Å². The molecule has 1 N–H and O–H groups in total. The molecule has 3 aromatic carbocycles. The number of amides is 1. The molecule has 174 valence electrons. The molecule has 0 saturated carbocycles. The van der Waals surface area contributed by atoms with E-state index in [9.17, 15) is 14.7 Å². The van der Waals surface area contributed by atoms with Crippen LogP contribution in [0.4, 0.5) is 5.69 Å². The highest BCUT2D eigenvalue weighted by Gasteiger charge is 2.59. The average molecular weight is 465 g/mol. The lowest BCUT2D eigenvalue weighted by Crippen LogP contribution is -2.48. The van der Waals surface area contributed by atoms with Gasteiger partial charge >= 0.3 is 0 Å². The van der Waals surface area contributed by atoms with Crippen LogP contribution in [0.5, 0.6) is 5.75 Å². The quantitative estimate of drug-likeness (QED) is 0.477. The van der Waals surface area contributed by atoms with Crippen molar-refractivity contribution < 1.29 is 9.90 Å². The smallest absolute Gasteiger partial charge is 0.285 e. The molecule has 1 unspecified atom stereocenters. The number of hydrazone groups is 1. The van der Waals surface area contributed by atoms with Crippen LogP contribution in [0.1, 0.15) is 29.3 Å². The van der Waals surface area contributed by atoms with Crippen LogP contribution < -0.4 is 10.6 Å². The lowest BCUT2D eigenvalue weighted by atomic mass is 9.85. The lowest BCUT2D eigenvalue weighted by Gasteiger charge is -2.27. The number of nitrogens with zero attached hydrogens (tertiary/aromatic N) is 4. The zero-order valence-corrected chi connectivity index (χ0v) is 19.9. The summed E-state index contributed by atoms with van der Waals surface area (Å²) in [7, 11) is 0. The Balaban J connectivity index is 1.68. The third-order valence-corrected chi connectivity index (χ3v) is 7.28. The Morgan fingerprint density at radius 2 is 1.51 bits per heavy atom. The first-order valence-corrected chi connectivity index (χ1v) is 11.5. The summed E-state index contributed by atoms with van der Waals surface area (Å²) >= 11 is 0. The summed E-state index contributed by atoms with van der Waals surface area (Å²) in [5.74, 6) is -0.219. The zero-order valence-electron chi connectivity index (χ0n) is 19.9. The number of aryl methyl sites for hydroxylation is 2. The monoisotopic (exact) mass is 464 g/mol. The molecule has 2 aliphatic heterocycles. The summed E-state index contributed by atoms with van der Waals surface area (Å²) in [5.41, 5.74) is 4.29. The summed E-state index contributed by atoms with van der Waals surface area (Å²) < 4.78 is 3.31. The molecule has 0 aliphatic carbocycles. The van der Waals surface area contributed by atoms with Crippen molar-refractivity contribution >= 4 is 17.3 Å². The van der Waals surface area contributed by atoms with E-state index in [-0.39, 0.29) is 17.2 Å². The minimum atomic E-state index is -1.30. The summed E-state index contributed by atoms with van der Waals surface area (Å²) in [4.78, 5) is 28.2. The molecule has 7 nitrogen and oxygen atoms in total. The van der Waals surface area contributed by atoms with Gasteiger partial charge in [-0.25, -0.2) is 4.68 Å². The second-order valence-electron chi connectivity index (χ2n) is 9.21. The summed E-state index contributed by atoms with van der Waals surface area (Å²) in [6, 6.07) is 20.2. The van der Waals surface area contributed by atoms with Crippen molar-refractivity contribution in [2.45, 2.75) is 33.2 Å². The predicted molar refractivity (Wildman–Crippen MR) is 135 cm³/mol. The van der Waals surface area contributed by atoms with E-state index in [0.29, 0.717) is 39.5 Å². The minimum Gasteiger partial charge on any atom is -0.507 e. The number of phenolic OH excluding ortho intramolecular Hbond substituents is 1. The molecule has 1 spiro atoms. The first-order chi connectivity index (χ1) is 16.8. The van der Waals surface area contributed by atoms with E-state index < -0.39 is 5.54 Å². The Bertz CT molecular complexity index is 1640. The minimum absolute atomic E-state index is 0.0366. The third kappa shape index (κ3) is 2.52. The second kappa shape index (κ2) is 7.06. The van der Waals surface area contributed by atoms with Crippen molar-refractivity contribution in [3.05, 3.63) is 99.5 Å². The Morgan fingerprint density at radius 1 is 0.857 bits per heavy atom. The number of hydrogen-bond donors (Lipinski definition) is 1. The molecular weight excluding hydrogens is 440 g/mol. The van der Waals surface area contributed by atoms with Crippen LogP contribution in [0.15, 0.2) is 76.6 Å². The Hall–Kier alpha value is -4.39. The fourth-order valence-electron chi connectivity index (χ4n) is 5.49. The van der Waals surface area contributed by atoms with Gasteiger partial charge in [0.1, 0.15) is 5.75 Å². The van der Waals surface area contributed by atoms with Gasteiger partial charge in [0.25, 0.3) is 11.5 Å². The number of anilines is 1. The van der Waals surface area contributed by atoms with Crippen LogP contribution in [-0.4, -0.2) is 26.1 Å². The SMILES string of the molecule is CC1=NN(c2ccccc2)C(=O)C12c1ccccc1-n1c(=O)c(-c3cc(C)c(C)cc3O)c(C)n12. The molecule has 1 atom stereocenters. The molecule has 1 aromatic heterocycles. The van der Waals surface area contributed by atoms with Crippen LogP contribution in [0, 0.1) is 20.8 Å². The van der Waals surface area contributed by atoms with Gasteiger partial charge in [0.15, 0.2) is 0 Å². The highest BCUT2D eigenvalue weighted by atomic mass is 16.3. The number of carbonyl (C=O) groups excluding carboxylic acids is 1. The maximum Gasteiger partial charge on any atom is 0.285 e. The predicted octanol–water partition coefficient (Wildman–Crippen LogP) is 4.42. The molecule has 2 aliphatic rings. The fraction of sp³-hybridized carbons (Fsp3) is 0.179. The highest BCUT2D eigenvalue weighted by molar-refractivity contribution is 6.23. The first kappa shape index (κ1) is 21.2. The molecule has 4 aromatic rings. The maximum absolute atomic E-state index is 14.3. The number of benzene rings is 3. The highest BCUT2D eigenvalue weighted by Crippen LogP contribution is 2.46. The number of hydrogen-bond acceptors (Lipinski definition) is 4. The van der Waals surface area contributed by atoms with Gasteiger partial charge in [-0.3, -0.25) is 14.3 Å². The van der Waals surface area contributed by atoms with E-state index in [0.717, 1.165) is 11.1 Å². The molecule has 0 radical (unpaired) electrons. The van der Waals surface area contributed by atoms with Crippen LogP contribution in [0.2, 0.25) is 0 Å². The number of carbonyl (C=O) groups is 1. The maximum atomic E-state index is 14.3. The standard InChI is InChI=1S/C28H24N4O3/c1-16-14-21(24(33)15-17(16)2)25-18(3)32-28(22-12-8-9-13-23(22)31(32)26(25)34)19(4)29-30(27(28)35)20-10-6-5-7-11-20/h5-15,33H,1-4H3. The molecule has 3 heterocycles. The van der Waals surface area contributed by atoms with Gasteiger partial charge in [0, 0.05) is 16.8 Å². The zero-order chi connectivity index (χ0) is 24.6. The number of fused-ring (bicyclic) bond motifs is 5. The van der Waals surface area contributed by atoms with Crippen LogP contribution >= 0.6 is 0 Å². The van der Waals surface area contributed by atoms with Gasteiger partial charge in [0.05, 0.1) is 22.6 Å². The van der Waals surface area contributed by atoms with Gasteiger partial charge in [-0.15, -0.1) is 0 Å². The molecule has 0 bridgehead atoms. The van der Waals surface area contributed by atoms with E-state index in [2.05, 4.69) is 5.10 Å². The molecule has 7 heteroatoms. The molecule has 35 heavy (non-hydrogen) atoms. The number of para-hydroxylation sites is 2. The average Bonchev–Trinajstić information content (AvgIpc) is 3.40. The topological polar surface area (TPSA) is 79.8 Å². The van der Waals surface area contributed by atoms with E-state index in [1.165, 1.54) is 5.01 Å². The Labute approximate surface area is 202 Å². The van der Waals surface area contributed by atoms with E-state index >= 15 is 0 Å². The molecule has 0 fully saturated rings. The van der Waals surface area contributed by atoms with Crippen molar-refractivity contribution in [3.63, 3.8) is 0 Å². The first-order valence-electron chi connectivity index (χ1n) is 11.5. The van der Waals surface area contributed by atoms with Crippen molar-refractivity contribution in [1.29, 1.82) is 0 Å². The van der Waals surface area contributed by atoms with Gasteiger partial charge in [-0.2, -0.15) is 10.1 Å². The van der Waals surface area contributed by atoms with E-state index in [4.69, 9.17) is 0 Å². The third-order valence-electron chi connectivity index (χ3n) is 7.28. The Morgan fingerprint density at radius 3 is 2.26 bits per heavy atom. The summed E-state index contributed by atoms with van der Waals surface area (Å²) in [6.45, 7) is 7.51. The summed E-state index contributed by atoms with van der Waals surface area (Å²) in [6.07, 6.45) is 0. The van der Waals surface area contributed by atoms with E-state index in [1.807, 2.05) is 88.4 Å². The Kier molecular flexibility index (Phi) is 4.27. The lowest BCUT2D eigenvalue weighted by molar-refractivity contribution is -0.122. The number of aromatic hydroxyl groups is 1. The van der Waals surface area contributed by atoms with Crippen molar-refractivity contribution in [2.75, 3.05) is 5.01 Å². The summed E-state index contributed by atoms with van der Waals surface area (Å²) in [5, 5.41) is 16.9. The number of rotatable bonds is 2. The van der Waals surface area contributed by atoms with Crippen molar-refractivity contribution in [2.24, 2.45) is 5.10 Å². The molecular formula is C28H24N4O3. The van der Waals surface area contributed by atoms with Gasteiger partial charge in [0.2, 0.25) is 5.54 Å². The number of aromatic nitrogens is 2.